The number of alkyl halides is 1. The Labute approximate surface area is 267 Å². The molecule has 0 saturated carbocycles. The molecule has 0 radical (unpaired) electrons. The van der Waals surface area contributed by atoms with Gasteiger partial charge in [-0.1, -0.05) is 29.5 Å². The summed E-state index contributed by atoms with van der Waals surface area (Å²) in [6, 6.07) is 15.0. The van der Waals surface area contributed by atoms with Crippen molar-refractivity contribution in [2.24, 2.45) is 0 Å². The maximum Gasteiger partial charge on any atom is 0.264 e. The Balaban J connectivity index is 1.22. The number of carbonyl (C=O) groups is 1. The van der Waals surface area contributed by atoms with Crippen molar-refractivity contribution >= 4 is 26.7 Å². The van der Waals surface area contributed by atoms with Crippen LogP contribution in [0.5, 0.6) is 11.5 Å². The molecule has 0 spiro atoms. The van der Waals surface area contributed by atoms with Gasteiger partial charge in [-0.25, -0.2) is 17.5 Å². The molecule has 1 N–H and O–H groups in total. The van der Waals surface area contributed by atoms with Crippen LogP contribution >= 0.6 is 0 Å². The van der Waals surface area contributed by atoms with Crippen LogP contribution in [0.25, 0.3) is 10.8 Å². The summed E-state index contributed by atoms with van der Waals surface area (Å²) in [4.78, 5) is 15.3. The van der Waals surface area contributed by atoms with Gasteiger partial charge in [0.2, 0.25) is 12.3 Å². The first-order valence-corrected chi connectivity index (χ1v) is 16.7. The largest absolute Gasteiger partial charge is 0.493 e. The maximum atomic E-state index is 13.9. The fourth-order valence-corrected chi connectivity index (χ4v) is 7.19. The third-order valence-corrected chi connectivity index (χ3v) is 10.2. The number of fused-ring (bicyclic) bond motifs is 2. The molecule has 0 saturated heterocycles. The van der Waals surface area contributed by atoms with E-state index in [1.165, 1.54) is 31.5 Å². The molecule has 2 aliphatic rings. The Kier molecular flexibility index (Phi) is 8.71. The molecule has 0 aliphatic carbocycles. The zero-order chi connectivity index (χ0) is 32.6. The molecule has 13 heteroatoms. The van der Waals surface area contributed by atoms with Crippen molar-refractivity contribution in [1.82, 2.24) is 29.5 Å². The molecule has 11 nitrogen and oxygen atoms in total. The molecule has 46 heavy (non-hydrogen) atoms. The lowest BCUT2D eigenvalue weighted by Crippen LogP contribution is -2.50. The van der Waals surface area contributed by atoms with Gasteiger partial charge >= 0.3 is 0 Å². The first kappa shape index (κ1) is 31.5. The Hall–Kier alpha value is -4.49. The molecule has 1 amide bonds. The highest BCUT2D eigenvalue weighted by Gasteiger charge is 2.36. The Morgan fingerprint density at radius 1 is 1.11 bits per heavy atom. The molecule has 0 bridgehead atoms. The summed E-state index contributed by atoms with van der Waals surface area (Å²) < 4.78 is 55.0. The average Bonchev–Trinajstić information content (AvgIpc) is 3.49. The summed E-state index contributed by atoms with van der Waals surface area (Å²) in [5, 5.41) is 12.6. The van der Waals surface area contributed by atoms with Crippen LogP contribution in [-0.2, 0) is 27.8 Å². The summed E-state index contributed by atoms with van der Waals surface area (Å²) in [5.41, 5.74) is 2.63. The van der Waals surface area contributed by atoms with Gasteiger partial charge in [0, 0.05) is 56.5 Å². The molecule has 1 aromatic heterocycles. The maximum absolute atomic E-state index is 13.9. The topological polar surface area (TPSA) is 119 Å². The van der Waals surface area contributed by atoms with Crippen LogP contribution in [0.1, 0.15) is 50.1 Å². The summed E-state index contributed by atoms with van der Waals surface area (Å²) in [7, 11) is -2.05. The number of hydrogen-bond donors (Lipinski definition) is 1. The average molecular weight is 649 g/mol. The Bertz CT molecular complexity index is 1890. The number of halogens is 1. The molecule has 2 aliphatic heterocycles. The molecule has 3 aromatic carbocycles. The highest BCUT2D eigenvalue weighted by atomic mass is 32.2. The fraction of sp³-hybridized carbons (Fsp3) is 0.364. The van der Waals surface area contributed by atoms with Gasteiger partial charge < -0.3 is 14.8 Å². The van der Waals surface area contributed by atoms with Crippen molar-refractivity contribution in [3.63, 3.8) is 0 Å². The molecular formula is C33H37FN6O5S. The van der Waals surface area contributed by atoms with E-state index in [2.05, 4.69) is 59.6 Å². The second-order valence-corrected chi connectivity index (χ2v) is 13.8. The molecule has 3 heterocycles. The van der Waals surface area contributed by atoms with Gasteiger partial charge in [-0.3, -0.25) is 14.0 Å². The van der Waals surface area contributed by atoms with E-state index < -0.39 is 28.3 Å². The number of benzene rings is 3. The first-order valence-electron chi connectivity index (χ1n) is 15.2. The predicted octanol–water partition coefficient (Wildman–Crippen LogP) is 4.54. The van der Waals surface area contributed by atoms with E-state index in [-0.39, 0.29) is 17.4 Å². The summed E-state index contributed by atoms with van der Waals surface area (Å²) in [5.74, 6) is 0.678. The highest BCUT2D eigenvalue weighted by Crippen LogP contribution is 2.36. The van der Waals surface area contributed by atoms with E-state index in [0.717, 1.165) is 27.7 Å². The van der Waals surface area contributed by atoms with Crippen molar-refractivity contribution in [2.45, 2.75) is 69.5 Å². The quantitative estimate of drug-likeness (QED) is 0.266. The lowest BCUT2D eigenvalue weighted by molar-refractivity contribution is -0.124. The van der Waals surface area contributed by atoms with Crippen LogP contribution in [0, 0.1) is 0 Å². The number of sulfonamides is 1. The van der Waals surface area contributed by atoms with Crippen LogP contribution in [0.3, 0.4) is 0 Å². The lowest BCUT2D eigenvalue weighted by Gasteiger charge is -2.31. The standard InChI is InChI=1S/C33H37FN6O5S/c1-21(2)38(4)19-23-5-10-29-30(11-14-44-32(29)15-23)39-20-26(36-37-39)18-31-33(41)35-12-13-40(31)46(42,43)28-9-7-24-16-27(45-22(3)34)8-6-25(24)17-28/h5-10,12-13,15-17,20-22,30-31H,11,14,18-19H2,1-4H3,(H,35,41). The second-order valence-electron chi connectivity index (χ2n) is 11.9. The first-order chi connectivity index (χ1) is 22.0. The zero-order valence-corrected chi connectivity index (χ0v) is 26.9. The molecule has 6 rings (SSSR count). The predicted molar refractivity (Wildman–Crippen MR) is 170 cm³/mol. The van der Waals surface area contributed by atoms with Gasteiger partial charge in [0.1, 0.15) is 17.5 Å². The third-order valence-electron chi connectivity index (χ3n) is 8.39. The van der Waals surface area contributed by atoms with Gasteiger partial charge in [-0.15, -0.1) is 5.10 Å². The smallest absolute Gasteiger partial charge is 0.264 e. The van der Waals surface area contributed by atoms with Gasteiger partial charge in [-0.05, 0) is 67.6 Å². The number of nitrogens with one attached hydrogen (secondary N) is 1. The number of rotatable bonds is 10. The number of hydrogen-bond acceptors (Lipinski definition) is 8. The highest BCUT2D eigenvalue weighted by molar-refractivity contribution is 7.89. The van der Waals surface area contributed by atoms with Crippen molar-refractivity contribution in [2.75, 3.05) is 13.7 Å². The molecule has 4 aromatic rings. The van der Waals surface area contributed by atoms with Gasteiger partial charge in [0.05, 0.1) is 23.2 Å². The van der Waals surface area contributed by atoms with Gasteiger partial charge in [-0.2, -0.15) is 0 Å². The SMILES string of the molecule is CC(F)Oc1ccc2cc(S(=O)(=O)N3C=CNC(=O)C3Cc3cn(C4CCOc5cc(CN(C)C(C)C)ccc54)nn3)ccc2c1. The summed E-state index contributed by atoms with van der Waals surface area (Å²) in [6.07, 6.45) is 3.65. The van der Waals surface area contributed by atoms with Crippen LogP contribution < -0.4 is 14.8 Å². The van der Waals surface area contributed by atoms with Gasteiger partial charge in [0.15, 0.2) is 0 Å². The molecule has 3 unspecified atom stereocenters. The van der Waals surface area contributed by atoms with E-state index in [1.54, 1.807) is 35.1 Å². The molecule has 3 atom stereocenters. The minimum absolute atomic E-state index is 0.0123. The Morgan fingerprint density at radius 3 is 2.67 bits per heavy atom. The Morgan fingerprint density at radius 2 is 1.89 bits per heavy atom. The number of aromatic nitrogens is 3. The normalized spacial score (nSPS) is 18.8. The van der Waals surface area contributed by atoms with Crippen molar-refractivity contribution in [3.05, 3.63) is 90.0 Å². The van der Waals surface area contributed by atoms with E-state index >= 15 is 0 Å². The molecular weight excluding hydrogens is 611 g/mol. The minimum Gasteiger partial charge on any atom is -0.493 e. The summed E-state index contributed by atoms with van der Waals surface area (Å²) in [6.45, 7) is 6.92. The van der Waals surface area contributed by atoms with Crippen molar-refractivity contribution in [3.8, 4) is 11.5 Å². The molecule has 0 fully saturated rings. The lowest BCUT2D eigenvalue weighted by atomic mass is 9.98. The molecule has 242 valence electrons. The van der Waals surface area contributed by atoms with Gasteiger partial charge in [0.25, 0.3) is 10.0 Å². The minimum atomic E-state index is -4.14. The van der Waals surface area contributed by atoms with E-state index in [0.29, 0.717) is 41.3 Å². The zero-order valence-electron chi connectivity index (χ0n) is 26.1. The monoisotopic (exact) mass is 648 g/mol. The van der Waals surface area contributed by atoms with Crippen molar-refractivity contribution in [1.29, 1.82) is 0 Å². The number of amides is 1. The van der Waals surface area contributed by atoms with Crippen LogP contribution in [0.15, 0.2) is 78.1 Å². The number of nitrogens with zero attached hydrogens (tertiary/aromatic N) is 5. The fourth-order valence-electron chi connectivity index (χ4n) is 5.70. The third kappa shape index (κ3) is 6.42. The van der Waals surface area contributed by atoms with E-state index in [4.69, 9.17) is 9.47 Å². The number of carbonyl (C=O) groups excluding carboxylic acids is 1. The van der Waals surface area contributed by atoms with E-state index in [1.807, 2.05) is 0 Å². The number of ether oxygens (including phenoxy) is 2. The summed E-state index contributed by atoms with van der Waals surface area (Å²) >= 11 is 0. The van der Waals surface area contributed by atoms with Crippen LogP contribution in [-0.4, -0.2) is 70.6 Å². The van der Waals surface area contributed by atoms with E-state index in [9.17, 15) is 17.6 Å². The van der Waals surface area contributed by atoms with Crippen LogP contribution in [0.4, 0.5) is 4.39 Å². The second kappa shape index (κ2) is 12.7. The van der Waals surface area contributed by atoms with Crippen LogP contribution in [0.2, 0.25) is 0 Å². The van der Waals surface area contributed by atoms with Crippen molar-refractivity contribution < 1.29 is 27.1 Å².